The van der Waals surface area contributed by atoms with Gasteiger partial charge in [0, 0.05) is 18.8 Å². The zero-order chi connectivity index (χ0) is 19.1. The molecule has 0 saturated heterocycles. The van der Waals surface area contributed by atoms with Crippen LogP contribution < -0.4 is 4.90 Å². The fourth-order valence-electron chi connectivity index (χ4n) is 4.20. The van der Waals surface area contributed by atoms with E-state index in [0.717, 1.165) is 30.6 Å². The van der Waals surface area contributed by atoms with Gasteiger partial charge in [-0.2, -0.15) is 0 Å². The summed E-state index contributed by atoms with van der Waals surface area (Å²) < 4.78 is 0. The van der Waals surface area contributed by atoms with Gasteiger partial charge in [0.25, 0.3) is 11.8 Å². The van der Waals surface area contributed by atoms with Crippen LogP contribution in [0, 0.1) is 0 Å². The van der Waals surface area contributed by atoms with Gasteiger partial charge in [0.15, 0.2) is 0 Å². The second kappa shape index (κ2) is 6.64. The molecule has 0 aromatic heterocycles. The summed E-state index contributed by atoms with van der Waals surface area (Å²) in [4.78, 5) is 29.2. The quantitative estimate of drug-likeness (QED) is 0.653. The first-order chi connectivity index (χ1) is 13.7. The van der Waals surface area contributed by atoms with Gasteiger partial charge in [-0.25, -0.2) is 0 Å². The maximum Gasteiger partial charge on any atom is 0.261 e. The largest absolute Gasteiger partial charge is 0.367 e. The van der Waals surface area contributed by atoms with Crippen molar-refractivity contribution in [3.8, 4) is 0 Å². The molecule has 0 aliphatic carbocycles. The van der Waals surface area contributed by atoms with Gasteiger partial charge in [-0.3, -0.25) is 14.5 Å². The molecule has 0 N–H and O–H groups in total. The van der Waals surface area contributed by atoms with Crippen molar-refractivity contribution in [2.24, 2.45) is 0 Å². The van der Waals surface area contributed by atoms with Crippen LogP contribution in [0.25, 0.3) is 0 Å². The van der Waals surface area contributed by atoms with E-state index in [1.165, 1.54) is 16.2 Å². The molecule has 0 atom stereocenters. The van der Waals surface area contributed by atoms with Gasteiger partial charge in [0.2, 0.25) is 0 Å². The fourth-order valence-corrected chi connectivity index (χ4v) is 4.20. The monoisotopic (exact) mass is 368 g/mol. The van der Waals surface area contributed by atoms with Crippen molar-refractivity contribution in [3.63, 3.8) is 0 Å². The highest BCUT2D eigenvalue weighted by molar-refractivity contribution is 6.21. The molecule has 4 nitrogen and oxygen atoms in total. The number of para-hydroxylation sites is 1. The predicted molar refractivity (Wildman–Crippen MR) is 108 cm³/mol. The van der Waals surface area contributed by atoms with Gasteiger partial charge in [-0.1, -0.05) is 54.6 Å². The van der Waals surface area contributed by atoms with Crippen LogP contribution in [-0.4, -0.2) is 23.3 Å². The molecule has 0 fully saturated rings. The lowest BCUT2D eigenvalue weighted by Gasteiger charge is -2.23. The van der Waals surface area contributed by atoms with Gasteiger partial charge in [-0.05, 0) is 41.3 Å². The molecule has 0 unspecified atom stereocenters. The van der Waals surface area contributed by atoms with Gasteiger partial charge >= 0.3 is 0 Å². The Morgan fingerprint density at radius 3 is 1.96 bits per heavy atom. The van der Waals surface area contributed by atoms with Crippen LogP contribution >= 0.6 is 0 Å². The van der Waals surface area contributed by atoms with Crippen molar-refractivity contribution in [2.45, 2.75) is 19.5 Å². The summed E-state index contributed by atoms with van der Waals surface area (Å²) in [6, 6.07) is 23.6. The van der Waals surface area contributed by atoms with Crippen molar-refractivity contribution in [1.29, 1.82) is 0 Å². The van der Waals surface area contributed by atoms with E-state index in [1.54, 1.807) is 24.3 Å². The molecule has 0 radical (unpaired) electrons. The smallest absolute Gasteiger partial charge is 0.261 e. The zero-order valence-corrected chi connectivity index (χ0v) is 15.5. The molecular weight excluding hydrogens is 348 g/mol. The van der Waals surface area contributed by atoms with Crippen LogP contribution in [0.2, 0.25) is 0 Å². The average molecular weight is 368 g/mol. The van der Waals surface area contributed by atoms with E-state index in [1.807, 2.05) is 18.2 Å². The first kappa shape index (κ1) is 16.8. The highest BCUT2D eigenvalue weighted by atomic mass is 16.2. The van der Waals surface area contributed by atoms with Crippen LogP contribution in [-0.2, 0) is 19.5 Å². The summed E-state index contributed by atoms with van der Waals surface area (Å²) in [7, 11) is 0. The van der Waals surface area contributed by atoms with E-state index in [0.29, 0.717) is 17.7 Å². The minimum atomic E-state index is -0.207. The van der Waals surface area contributed by atoms with Gasteiger partial charge < -0.3 is 4.90 Å². The molecule has 3 aromatic carbocycles. The molecule has 2 aliphatic rings. The van der Waals surface area contributed by atoms with E-state index in [9.17, 15) is 9.59 Å². The number of anilines is 1. The minimum absolute atomic E-state index is 0.207. The van der Waals surface area contributed by atoms with Crippen LogP contribution in [0.4, 0.5) is 5.69 Å². The molecule has 3 aromatic rings. The topological polar surface area (TPSA) is 40.6 Å². The number of amides is 2. The van der Waals surface area contributed by atoms with E-state index in [-0.39, 0.29) is 11.8 Å². The van der Waals surface area contributed by atoms with Crippen LogP contribution in [0.5, 0.6) is 0 Å². The second-order valence-electron chi connectivity index (χ2n) is 7.31. The average Bonchev–Trinajstić information content (AvgIpc) is 3.24. The molecule has 0 saturated carbocycles. The third-order valence-electron chi connectivity index (χ3n) is 5.67. The molecule has 2 amide bonds. The molecular formula is C24H20N2O2. The summed E-state index contributed by atoms with van der Waals surface area (Å²) in [5.74, 6) is -0.413. The van der Waals surface area contributed by atoms with E-state index < -0.39 is 0 Å². The van der Waals surface area contributed by atoms with Crippen molar-refractivity contribution in [2.75, 3.05) is 11.4 Å². The molecule has 2 heterocycles. The molecule has 0 bridgehead atoms. The van der Waals surface area contributed by atoms with Gasteiger partial charge in [0.05, 0.1) is 17.7 Å². The third kappa shape index (κ3) is 2.69. The Kier molecular flexibility index (Phi) is 3.97. The number of hydrogen-bond acceptors (Lipinski definition) is 3. The lowest BCUT2D eigenvalue weighted by molar-refractivity contribution is 0.0642. The molecule has 4 heteroatoms. The van der Waals surface area contributed by atoms with Crippen molar-refractivity contribution >= 4 is 17.5 Å². The highest BCUT2D eigenvalue weighted by Gasteiger charge is 2.35. The summed E-state index contributed by atoms with van der Waals surface area (Å²) in [6.45, 7) is 2.06. The summed E-state index contributed by atoms with van der Waals surface area (Å²) >= 11 is 0. The normalized spacial score (nSPS) is 15.1. The maximum absolute atomic E-state index is 12.7. The summed E-state index contributed by atoms with van der Waals surface area (Å²) in [5.41, 5.74) is 5.81. The molecule has 2 aliphatic heterocycles. The van der Waals surface area contributed by atoms with Crippen LogP contribution in [0.3, 0.4) is 0 Å². The Hall–Kier alpha value is -3.40. The van der Waals surface area contributed by atoms with Crippen molar-refractivity contribution in [3.05, 3.63) is 101 Å². The first-order valence-electron chi connectivity index (χ1n) is 9.57. The number of imide groups is 1. The standard InChI is InChI=1S/C24H20N2O2/c27-23-20-10-4-5-11-21(20)24(28)26(23)16-19-9-2-1-8-18(19)15-25-14-13-17-7-3-6-12-22(17)25/h1-12H,13-16H2. The Morgan fingerprint density at radius 2 is 1.25 bits per heavy atom. The fraction of sp³-hybridized carbons (Fsp3) is 0.167. The van der Waals surface area contributed by atoms with E-state index >= 15 is 0 Å². The SMILES string of the molecule is O=C1c2ccccc2C(=O)N1Cc1ccccc1CN1CCc2ccccc21. The van der Waals surface area contributed by atoms with E-state index in [2.05, 4.69) is 35.2 Å². The Morgan fingerprint density at radius 1 is 0.679 bits per heavy atom. The predicted octanol–water partition coefficient (Wildman–Crippen LogP) is 4.05. The molecule has 138 valence electrons. The number of nitrogens with zero attached hydrogens (tertiary/aromatic N) is 2. The summed E-state index contributed by atoms with van der Waals surface area (Å²) in [5, 5.41) is 0. The van der Waals surface area contributed by atoms with Crippen molar-refractivity contribution in [1.82, 2.24) is 4.90 Å². The Labute approximate surface area is 164 Å². The number of fused-ring (bicyclic) bond motifs is 2. The Bertz CT molecular complexity index is 1050. The third-order valence-corrected chi connectivity index (χ3v) is 5.67. The number of carbonyl (C=O) groups excluding carboxylic acids is 2. The van der Waals surface area contributed by atoms with Gasteiger partial charge in [-0.15, -0.1) is 0 Å². The molecule has 0 spiro atoms. The number of hydrogen-bond donors (Lipinski definition) is 0. The van der Waals surface area contributed by atoms with Gasteiger partial charge in [0.1, 0.15) is 0 Å². The minimum Gasteiger partial charge on any atom is -0.367 e. The lowest BCUT2D eigenvalue weighted by Crippen LogP contribution is -2.30. The number of rotatable bonds is 4. The first-order valence-corrected chi connectivity index (χ1v) is 9.57. The van der Waals surface area contributed by atoms with Crippen LogP contribution in [0.15, 0.2) is 72.8 Å². The van der Waals surface area contributed by atoms with Crippen molar-refractivity contribution < 1.29 is 9.59 Å². The highest BCUT2D eigenvalue weighted by Crippen LogP contribution is 2.30. The molecule has 28 heavy (non-hydrogen) atoms. The van der Waals surface area contributed by atoms with Crippen LogP contribution in [0.1, 0.15) is 37.4 Å². The lowest BCUT2D eigenvalue weighted by atomic mass is 10.1. The molecule has 5 rings (SSSR count). The summed E-state index contributed by atoms with van der Waals surface area (Å²) in [6.07, 6.45) is 1.05. The number of benzene rings is 3. The Balaban J connectivity index is 1.41. The second-order valence-corrected chi connectivity index (χ2v) is 7.31. The zero-order valence-electron chi connectivity index (χ0n) is 15.5. The van der Waals surface area contributed by atoms with E-state index in [4.69, 9.17) is 0 Å². The maximum atomic E-state index is 12.7. The number of carbonyl (C=O) groups is 2.